The molecule has 1 aliphatic heterocycles. The Bertz CT molecular complexity index is 268. The van der Waals surface area contributed by atoms with E-state index in [0.717, 1.165) is 19.6 Å². The topological polar surface area (TPSA) is 58.8 Å². The van der Waals surface area contributed by atoms with Crippen LogP contribution in [-0.4, -0.2) is 67.2 Å². The normalized spacial score (nSPS) is 26.5. The molecule has 1 fully saturated rings. The SMILES string of the molecule is CCOC(=O)C(C)(N)CN1CCN(C)CC1C. The maximum atomic E-state index is 11.7. The van der Waals surface area contributed by atoms with Gasteiger partial charge in [-0.1, -0.05) is 0 Å². The van der Waals surface area contributed by atoms with E-state index in [1.807, 2.05) is 0 Å². The first-order valence-electron chi connectivity index (χ1n) is 6.25. The lowest BCUT2D eigenvalue weighted by molar-refractivity contribution is -0.150. The highest BCUT2D eigenvalue weighted by Crippen LogP contribution is 2.13. The van der Waals surface area contributed by atoms with Crippen molar-refractivity contribution in [3.05, 3.63) is 0 Å². The average molecular weight is 243 g/mol. The van der Waals surface area contributed by atoms with E-state index >= 15 is 0 Å². The number of piperazine rings is 1. The van der Waals surface area contributed by atoms with Crippen LogP contribution < -0.4 is 5.73 Å². The monoisotopic (exact) mass is 243 g/mol. The van der Waals surface area contributed by atoms with Crippen LogP contribution in [0.5, 0.6) is 0 Å². The van der Waals surface area contributed by atoms with Crippen molar-refractivity contribution in [1.82, 2.24) is 9.80 Å². The van der Waals surface area contributed by atoms with Crippen molar-refractivity contribution in [3.8, 4) is 0 Å². The van der Waals surface area contributed by atoms with Crippen LogP contribution in [0.2, 0.25) is 0 Å². The van der Waals surface area contributed by atoms with Crippen LogP contribution in [0.4, 0.5) is 0 Å². The molecule has 2 unspecified atom stereocenters. The van der Waals surface area contributed by atoms with Crippen LogP contribution in [0.1, 0.15) is 20.8 Å². The lowest BCUT2D eigenvalue weighted by Gasteiger charge is -2.41. The minimum Gasteiger partial charge on any atom is -0.465 e. The number of ether oxygens (including phenoxy) is 1. The Morgan fingerprint density at radius 1 is 1.53 bits per heavy atom. The van der Waals surface area contributed by atoms with Gasteiger partial charge in [0.25, 0.3) is 0 Å². The van der Waals surface area contributed by atoms with Gasteiger partial charge < -0.3 is 15.4 Å². The van der Waals surface area contributed by atoms with Crippen LogP contribution in [0.3, 0.4) is 0 Å². The van der Waals surface area contributed by atoms with Gasteiger partial charge in [-0.2, -0.15) is 0 Å². The Balaban J connectivity index is 2.55. The smallest absolute Gasteiger partial charge is 0.327 e. The second kappa shape index (κ2) is 5.80. The predicted molar refractivity (Wildman–Crippen MR) is 67.8 cm³/mol. The lowest BCUT2D eigenvalue weighted by atomic mass is 10.0. The molecule has 0 spiro atoms. The van der Waals surface area contributed by atoms with Gasteiger partial charge in [-0.05, 0) is 27.8 Å². The van der Waals surface area contributed by atoms with Gasteiger partial charge in [0.15, 0.2) is 0 Å². The Hall–Kier alpha value is -0.650. The van der Waals surface area contributed by atoms with E-state index < -0.39 is 5.54 Å². The van der Waals surface area contributed by atoms with E-state index in [9.17, 15) is 4.79 Å². The molecule has 1 saturated heterocycles. The molecule has 1 aliphatic rings. The van der Waals surface area contributed by atoms with Crippen LogP contribution in [-0.2, 0) is 9.53 Å². The summed E-state index contributed by atoms with van der Waals surface area (Å²) < 4.78 is 5.00. The summed E-state index contributed by atoms with van der Waals surface area (Å²) in [6, 6.07) is 0.422. The predicted octanol–water partition coefficient (Wildman–Crippen LogP) is -0.0972. The largest absolute Gasteiger partial charge is 0.465 e. The third-order valence-corrected chi connectivity index (χ3v) is 3.24. The maximum absolute atomic E-state index is 11.7. The zero-order valence-electron chi connectivity index (χ0n) is 11.4. The molecule has 0 aromatic carbocycles. The molecule has 0 aliphatic carbocycles. The summed E-state index contributed by atoms with van der Waals surface area (Å²) in [5.74, 6) is -0.314. The minimum atomic E-state index is -0.916. The van der Waals surface area contributed by atoms with Gasteiger partial charge in [0.1, 0.15) is 5.54 Å². The average Bonchev–Trinajstić information content (AvgIpc) is 2.22. The number of hydrogen-bond acceptors (Lipinski definition) is 5. The molecule has 0 aromatic rings. The number of nitrogens with two attached hydrogens (primary N) is 1. The highest BCUT2D eigenvalue weighted by atomic mass is 16.5. The van der Waals surface area contributed by atoms with Crippen molar-refractivity contribution < 1.29 is 9.53 Å². The molecule has 2 N–H and O–H groups in total. The summed E-state index contributed by atoms with van der Waals surface area (Å²) >= 11 is 0. The highest BCUT2D eigenvalue weighted by Gasteiger charge is 2.35. The van der Waals surface area contributed by atoms with E-state index in [2.05, 4.69) is 23.8 Å². The summed E-state index contributed by atoms with van der Waals surface area (Å²) in [5.41, 5.74) is 5.13. The standard InChI is InChI=1S/C12H25N3O2/c1-5-17-11(16)12(3,13)9-15-7-6-14(4)8-10(15)2/h10H,5-9,13H2,1-4H3. The molecule has 0 amide bonds. The van der Waals surface area contributed by atoms with E-state index in [1.54, 1.807) is 13.8 Å². The summed E-state index contributed by atoms with van der Waals surface area (Å²) in [5, 5.41) is 0. The second-order valence-electron chi connectivity index (χ2n) is 5.22. The molecule has 0 saturated carbocycles. The fourth-order valence-corrected chi connectivity index (χ4v) is 2.19. The molecule has 0 radical (unpaired) electrons. The van der Waals surface area contributed by atoms with Gasteiger partial charge in [0, 0.05) is 32.2 Å². The minimum absolute atomic E-state index is 0.314. The van der Waals surface area contributed by atoms with Crippen LogP contribution in [0, 0.1) is 0 Å². The van der Waals surface area contributed by atoms with Crippen molar-refractivity contribution in [2.45, 2.75) is 32.4 Å². The molecule has 1 heterocycles. The highest BCUT2D eigenvalue weighted by molar-refractivity contribution is 5.80. The molecule has 1 rings (SSSR count). The summed E-state index contributed by atoms with van der Waals surface area (Å²) in [7, 11) is 2.11. The maximum Gasteiger partial charge on any atom is 0.327 e. The van der Waals surface area contributed by atoms with Crippen molar-refractivity contribution in [2.75, 3.05) is 39.8 Å². The number of rotatable bonds is 4. The first-order chi connectivity index (χ1) is 7.86. The number of carbonyl (C=O) groups excluding carboxylic acids is 1. The first-order valence-corrected chi connectivity index (χ1v) is 6.25. The number of likely N-dealkylation sites (N-methyl/N-ethyl adjacent to an activating group) is 1. The van der Waals surface area contributed by atoms with Crippen molar-refractivity contribution in [2.24, 2.45) is 5.73 Å². The Morgan fingerprint density at radius 2 is 2.18 bits per heavy atom. The summed E-state index contributed by atoms with van der Waals surface area (Å²) in [6.45, 7) is 9.62. The quantitative estimate of drug-likeness (QED) is 0.699. The molecule has 0 aromatic heterocycles. The van der Waals surface area contributed by atoms with E-state index in [-0.39, 0.29) is 5.97 Å². The number of esters is 1. The molecule has 2 atom stereocenters. The summed E-state index contributed by atoms with van der Waals surface area (Å²) in [6.07, 6.45) is 0. The van der Waals surface area contributed by atoms with Crippen LogP contribution in [0.25, 0.3) is 0 Å². The number of nitrogens with zero attached hydrogens (tertiary/aromatic N) is 2. The molecule has 0 bridgehead atoms. The van der Waals surface area contributed by atoms with Crippen molar-refractivity contribution >= 4 is 5.97 Å². The zero-order valence-corrected chi connectivity index (χ0v) is 11.4. The van der Waals surface area contributed by atoms with E-state index in [1.165, 1.54) is 0 Å². The fraction of sp³-hybridized carbons (Fsp3) is 0.917. The fourth-order valence-electron chi connectivity index (χ4n) is 2.19. The number of hydrogen-bond donors (Lipinski definition) is 1. The molecule has 100 valence electrons. The van der Waals surface area contributed by atoms with Crippen LogP contribution >= 0.6 is 0 Å². The molecule has 5 nitrogen and oxygen atoms in total. The molecular weight excluding hydrogens is 218 g/mol. The van der Waals surface area contributed by atoms with Crippen molar-refractivity contribution in [3.63, 3.8) is 0 Å². The van der Waals surface area contributed by atoms with Gasteiger partial charge >= 0.3 is 5.97 Å². The van der Waals surface area contributed by atoms with Crippen LogP contribution in [0.15, 0.2) is 0 Å². The van der Waals surface area contributed by atoms with Crippen molar-refractivity contribution in [1.29, 1.82) is 0 Å². The summed E-state index contributed by atoms with van der Waals surface area (Å²) in [4.78, 5) is 16.3. The molecule has 17 heavy (non-hydrogen) atoms. The third-order valence-electron chi connectivity index (χ3n) is 3.24. The lowest BCUT2D eigenvalue weighted by Crippen LogP contribution is -2.60. The first kappa shape index (κ1) is 14.4. The third kappa shape index (κ3) is 3.94. The Morgan fingerprint density at radius 3 is 2.71 bits per heavy atom. The Labute approximate surface area is 104 Å². The van der Waals surface area contributed by atoms with Gasteiger partial charge in [-0.25, -0.2) is 0 Å². The zero-order chi connectivity index (χ0) is 13.1. The Kier molecular flexibility index (Phi) is 4.91. The molecular formula is C12H25N3O2. The van der Waals surface area contributed by atoms with E-state index in [0.29, 0.717) is 19.2 Å². The van der Waals surface area contributed by atoms with Gasteiger partial charge in [0.05, 0.1) is 6.61 Å². The second-order valence-corrected chi connectivity index (χ2v) is 5.22. The van der Waals surface area contributed by atoms with Gasteiger partial charge in [0.2, 0.25) is 0 Å². The molecule has 5 heteroatoms. The van der Waals surface area contributed by atoms with E-state index in [4.69, 9.17) is 10.5 Å². The van der Waals surface area contributed by atoms with Gasteiger partial charge in [-0.15, -0.1) is 0 Å². The van der Waals surface area contributed by atoms with Gasteiger partial charge in [-0.3, -0.25) is 9.69 Å². The number of carbonyl (C=O) groups is 1.